The first-order chi connectivity index (χ1) is 8.99. The smallest absolute Gasteiger partial charge is 0.233 e. The maximum Gasteiger partial charge on any atom is 0.233 e. The summed E-state index contributed by atoms with van der Waals surface area (Å²) in [6.07, 6.45) is 6.80. The first-order valence-electron chi connectivity index (χ1n) is 7.19. The molecule has 0 aromatic carbocycles. The summed E-state index contributed by atoms with van der Waals surface area (Å²) >= 11 is 5.23. The number of amides is 1. The van der Waals surface area contributed by atoms with Crippen molar-refractivity contribution >= 4 is 23.1 Å². The molecular formula is C14H24N2O2S. The Morgan fingerprint density at radius 3 is 2.32 bits per heavy atom. The van der Waals surface area contributed by atoms with E-state index in [1.165, 1.54) is 0 Å². The van der Waals surface area contributed by atoms with E-state index in [2.05, 4.69) is 5.32 Å². The quantitative estimate of drug-likeness (QED) is 0.614. The fourth-order valence-electron chi connectivity index (χ4n) is 3.08. The second-order valence-corrected chi connectivity index (χ2v) is 6.62. The van der Waals surface area contributed by atoms with Gasteiger partial charge >= 0.3 is 0 Å². The van der Waals surface area contributed by atoms with Crippen molar-refractivity contribution in [1.82, 2.24) is 5.32 Å². The monoisotopic (exact) mass is 284 g/mol. The number of nitrogens with one attached hydrogen (secondary N) is 1. The van der Waals surface area contributed by atoms with Gasteiger partial charge in [-0.2, -0.15) is 0 Å². The van der Waals surface area contributed by atoms with Gasteiger partial charge in [0.25, 0.3) is 0 Å². The van der Waals surface area contributed by atoms with Gasteiger partial charge in [-0.3, -0.25) is 4.79 Å². The van der Waals surface area contributed by atoms with Crippen LogP contribution in [0.4, 0.5) is 0 Å². The van der Waals surface area contributed by atoms with Crippen LogP contribution in [0, 0.1) is 5.41 Å². The summed E-state index contributed by atoms with van der Waals surface area (Å²) in [7, 11) is 0. The van der Waals surface area contributed by atoms with Gasteiger partial charge in [-0.05, 0) is 26.2 Å². The van der Waals surface area contributed by atoms with Crippen LogP contribution in [0.15, 0.2) is 0 Å². The number of thiocarbonyl (C=S) groups is 1. The molecule has 0 spiro atoms. The normalized spacial score (nSPS) is 30.6. The Hall–Kier alpha value is -0.680. The zero-order valence-corrected chi connectivity index (χ0v) is 12.5. The van der Waals surface area contributed by atoms with Crippen LogP contribution in [0.1, 0.15) is 51.9 Å². The minimum absolute atomic E-state index is 0.00917. The van der Waals surface area contributed by atoms with Crippen molar-refractivity contribution in [2.75, 3.05) is 13.2 Å². The molecular weight excluding hydrogens is 260 g/mol. The van der Waals surface area contributed by atoms with E-state index >= 15 is 0 Å². The van der Waals surface area contributed by atoms with Crippen molar-refractivity contribution in [1.29, 1.82) is 0 Å². The fourth-order valence-corrected chi connectivity index (χ4v) is 3.37. The molecule has 0 bridgehead atoms. The summed E-state index contributed by atoms with van der Waals surface area (Å²) in [5, 5.41) is 3.14. The van der Waals surface area contributed by atoms with Crippen LogP contribution in [-0.2, 0) is 9.53 Å². The molecule has 1 saturated carbocycles. The van der Waals surface area contributed by atoms with Gasteiger partial charge in [-0.1, -0.05) is 37.9 Å². The minimum Gasteiger partial charge on any atom is -0.392 e. The highest BCUT2D eigenvalue weighted by Gasteiger charge is 2.44. The van der Waals surface area contributed by atoms with Gasteiger partial charge in [0.2, 0.25) is 5.91 Å². The molecule has 1 heterocycles. The lowest BCUT2D eigenvalue weighted by Gasteiger charge is -2.34. The summed E-state index contributed by atoms with van der Waals surface area (Å²) < 4.78 is 5.39. The third-order valence-corrected chi connectivity index (χ3v) is 4.89. The van der Waals surface area contributed by atoms with Gasteiger partial charge in [0.05, 0.1) is 22.5 Å². The van der Waals surface area contributed by atoms with E-state index in [0.29, 0.717) is 18.2 Å². The van der Waals surface area contributed by atoms with Gasteiger partial charge in [0.1, 0.15) is 0 Å². The van der Waals surface area contributed by atoms with Crippen LogP contribution in [0.3, 0.4) is 0 Å². The maximum atomic E-state index is 12.7. The fraction of sp³-hybridized carbons (Fsp3) is 0.857. The van der Waals surface area contributed by atoms with Crippen molar-refractivity contribution in [3.8, 4) is 0 Å². The first kappa shape index (κ1) is 14.7. The minimum atomic E-state index is -0.641. The number of carbonyl (C=O) groups is 1. The highest BCUT2D eigenvalue weighted by molar-refractivity contribution is 7.80. The highest BCUT2D eigenvalue weighted by Crippen LogP contribution is 2.36. The van der Waals surface area contributed by atoms with Crippen LogP contribution in [0.25, 0.3) is 0 Å². The number of ether oxygens (including phenoxy) is 1. The van der Waals surface area contributed by atoms with E-state index in [9.17, 15) is 4.79 Å². The Bertz CT molecular complexity index is 356. The summed E-state index contributed by atoms with van der Waals surface area (Å²) in [5.74, 6) is 0.00917. The Balaban J connectivity index is 2.13. The topological polar surface area (TPSA) is 64.4 Å². The van der Waals surface area contributed by atoms with Crippen LogP contribution >= 0.6 is 12.2 Å². The number of hydrogen-bond acceptors (Lipinski definition) is 3. The molecule has 1 atom stereocenters. The molecule has 4 nitrogen and oxygen atoms in total. The molecule has 2 fully saturated rings. The lowest BCUT2D eigenvalue weighted by atomic mass is 9.78. The van der Waals surface area contributed by atoms with Gasteiger partial charge in [-0.15, -0.1) is 0 Å². The van der Waals surface area contributed by atoms with Crippen LogP contribution in [0.2, 0.25) is 0 Å². The standard InChI is InChI=1S/C14H24N2O2S/c1-13(8-9-18-10-13)16-12(17)14(11(15)19)6-4-2-3-5-7-14/h2-10H2,1H3,(H2,15,19)(H,16,17). The SMILES string of the molecule is CC1(NC(=O)C2(C(N)=S)CCCCCC2)CCOC1. The Morgan fingerprint density at radius 1 is 1.21 bits per heavy atom. The van der Waals surface area contributed by atoms with Gasteiger partial charge in [0.15, 0.2) is 0 Å². The van der Waals surface area contributed by atoms with E-state index < -0.39 is 5.41 Å². The van der Waals surface area contributed by atoms with E-state index in [1.807, 2.05) is 6.92 Å². The van der Waals surface area contributed by atoms with E-state index in [-0.39, 0.29) is 11.4 Å². The number of carbonyl (C=O) groups excluding carboxylic acids is 1. The first-order valence-corrected chi connectivity index (χ1v) is 7.60. The van der Waals surface area contributed by atoms with E-state index in [0.717, 1.165) is 44.9 Å². The molecule has 2 rings (SSSR count). The average molecular weight is 284 g/mol. The summed E-state index contributed by atoms with van der Waals surface area (Å²) in [6.45, 7) is 3.31. The second kappa shape index (κ2) is 5.75. The van der Waals surface area contributed by atoms with Gasteiger partial charge < -0.3 is 15.8 Å². The summed E-state index contributed by atoms with van der Waals surface area (Å²) in [6, 6.07) is 0. The Kier molecular flexibility index (Phi) is 4.46. The van der Waals surface area contributed by atoms with Crippen molar-refractivity contribution in [3.05, 3.63) is 0 Å². The molecule has 108 valence electrons. The van der Waals surface area contributed by atoms with Crippen LogP contribution < -0.4 is 11.1 Å². The zero-order valence-electron chi connectivity index (χ0n) is 11.7. The molecule has 1 aliphatic heterocycles. The molecule has 0 aromatic heterocycles. The molecule has 19 heavy (non-hydrogen) atoms. The number of rotatable bonds is 3. The molecule has 3 N–H and O–H groups in total. The van der Waals surface area contributed by atoms with Crippen molar-refractivity contribution in [3.63, 3.8) is 0 Å². The second-order valence-electron chi connectivity index (χ2n) is 6.18. The third kappa shape index (κ3) is 3.08. The average Bonchev–Trinajstić information content (AvgIpc) is 2.65. The van der Waals surface area contributed by atoms with E-state index in [4.69, 9.17) is 22.7 Å². The predicted molar refractivity (Wildman–Crippen MR) is 78.9 cm³/mol. The summed E-state index contributed by atoms with van der Waals surface area (Å²) in [4.78, 5) is 13.1. The molecule has 0 radical (unpaired) electrons. The van der Waals surface area contributed by atoms with Gasteiger partial charge in [0, 0.05) is 6.61 Å². The number of nitrogens with two attached hydrogens (primary N) is 1. The van der Waals surface area contributed by atoms with E-state index in [1.54, 1.807) is 0 Å². The predicted octanol–water partition coefficient (Wildman–Crippen LogP) is 1.91. The van der Waals surface area contributed by atoms with Crippen molar-refractivity contribution in [2.24, 2.45) is 11.1 Å². The van der Waals surface area contributed by atoms with Crippen molar-refractivity contribution < 1.29 is 9.53 Å². The molecule has 1 aliphatic carbocycles. The molecule has 2 aliphatic rings. The lowest BCUT2D eigenvalue weighted by molar-refractivity contribution is -0.130. The highest BCUT2D eigenvalue weighted by atomic mass is 32.1. The summed E-state index contributed by atoms with van der Waals surface area (Å²) in [5.41, 5.74) is 5.03. The zero-order chi connectivity index (χ0) is 13.9. The lowest BCUT2D eigenvalue weighted by Crippen LogP contribution is -2.56. The Morgan fingerprint density at radius 2 is 1.84 bits per heavy atom. The maximum absolute atomic E-state index is 12.7. The number of hydrogen-bond donors (Lipinski definition) is 2. The molecule has 1 amide bonds. The van der Waals surface area contributed by atoms with Crippen molar-refractivity contribution in [2.45, 2.75) is 57.4 Å². The van der Waals surface area contributed by atoms with Crippen LogP contribution in [-0.4, -0.2) is 29.6 Å². The molecule has 1 unspecified atom stereocenters. The largest absolute Gasteiger partial charge is 0.392 e. The molecule has 0 aromatic rings. The Labute approximate surface area is 120 Å². The third-order valence-electron chi connectivity index (χ3n) is 4.50. The molecule has 5 heteroatoms. The van der Waals surface area contributed by atoms with Crippen LogP contribution in [0.5, 0.6) is 0 Å². The van der Waals surface area contributed by atoms with Gasteiger partial charge in [-0.25, -0.2) is 0 Å². The molecule has 1 saturated heterocycles.